The molecule has 0 radical (unpaired) electrons. The minimum absolute atomic E-state index is 0.455. The number of aromatic nitrogens is 8. The zero-order chi connectivity index (χ0) is 63.4. The lowest BCUT2D eigenvalue weighted by Crippen LogP contribution is -2.52. The molecule has 4 bridgehead atoms. The number of nitrogens with zero attached hydrogens (tertiary/aromatic N) is 8. The number of esters is 4. The van der Waals surface area contributed by atoms with Gasteiger partial charge in [-0.05, 0) is 107 Å². The molecule has 16 nitrogen and oxygen atoms in total. The van der Waals surface area contributed by atoms with E-state index in [0.717, 1.165) is 218 Å². The van der Waals surface area contributed by atoms with Gasteiger partial charge in [0.05, 0.1) is 93.2 Å². The molecule has 10 heterocycles. The number of benzene rings is 1. The molecule has 4 aromatic heterocycles. The van der Waals surface area contributed by atoms with Gasteiger partial charge in [-0.2, -0.15) is 0 Å². The van der Waals surface area contributed by atoms with Gasteiger partial charge < -0.3 is 55.5 Å². The largest absolute Gasteiger partial charge is 0.465 e. The summed E-state index contributed by atoms with van der Waals surface area (Å²) in [5, 5.41) is 1.82. The standard InChI is InChI=1S/2C28H42N4O4P2S2.C7H8/c2*1-7-11-15-29-21-22(30(27(29)39)16-12-8-2)38-20(26(34)36-6)19(25(33)35-5)37(21)23-24(38)32(18-14-10-4)28(40)31(23)17-13-9-3;1-7-5-3-2-4-6-7/h2*7-18H2,1-6H3;2-6H,1H3. The molecule has 0 aliphatic carbocycles. The van der Waals surface area contributed by atoms with Crippen LogP contribution in [0.1, 0.15) is 164 Å². The SMILES string of the molecule is CCCCn1c2c(n(CCCC)c1=S)P1C(C(=O)OC)=C(C(=O)OC)P2c2c1n(CCCC)c(=S)n2CCCC.CCCCn1c2c(n(CCCC)c1=S)P1C(C(=O)OC)=C(C(=O)OC)P2c2c1n(CCCC)c(=S)n2CCCC.Cc1ccccc1. The molecule has 0 atom stereocenters. The van der Waals surface area contributed by atoms with Crippen LogP contribution in [0.4, 0.5) is 0 Å². The zero-order valence-electron chi connectivity index (χ0n) is 53.6. The molecular weight excluding hydrogens is 1250 g/mol. The van der Waals surface area contributed by atoms with Crippen molar-refractivity contribution in [3.8, 4) is 0 Å². The summed E-state index contributed by atoms with van der Waals surface area (Å²) in [4.78, 5) is 54.6. The minimum Gasteiger partial charge on any atom is -0.465 e. The number of hydrogen-bond acceptors (Lipinski definition) is 12. The maximum Gasteiger partial charge on any atom is 0.340 e. The fourth-order valence-electron chi connectivity index (χ4n) is 11.5. The zero-order valence-corrected chi connectivity index (χ0v) is 60.5. The van der Waals surface area contributed by atoms with Crippen molar-refractivity contribution >= 4 is 148 Å². The average molecular weight is 1340 g/mol. The van der Waals surface area contributed by atoms with Crippen LogP contribution < -0.4 is 43.5 Å². The highest BCUT2D eigenvalue weighted by Crippen LogP contribution is 2.65. The van der Waals surface area contributed by atoms with E-state index in [-0.39, 0.29) is 0 Å². The third-order valence-electron chi connectivity index (χ3n) is 16.1. The predicted octanol–water partition coefficient (Wildman–Crippen LogP) is 12.6. The second-order valence-corrected chi connectivity index (χ2v) is 31.4. The number of imidazole rings is 4. The van der Waals surface area contributed by atoms with E-state index in [2.05, 4.69) is 111 Å². The van der Waals surface area contributed by atoms with Crippen molar-refractivity contribution in [1.82, 2.24) is 36.5 Å². The van der Waals surface area contributed by atoms with Gasteiger partial charge in [-0.15, -0.1) is 0 Å². The fraction of sp³-hybridized carbons (Fsp3) is 0.587. The summed E-state index contributed by atoms with van der Waals surface area (Å²) in [6, 6.07) is 10.3. The van der Waals surface area contributed by atoms with E-state index in [1.807, 2.05) is 18.2 Å². The second kappa shape index (κ2) is 32.9. The Labute approximate surface area is 541 Å². The summed E-state index contributed by atoms with van der Waals surface area (Å²) in [6.45, 7) is 25.7. The number of carbonyl (C=O) groups is 4. The Balaban J connectivity index is 0.000000223. The Morgan fingerprint density at radius 2 is 0.483 bits per heavy atom. The molecule has 11 rings (SSSR count). The highest BCUT2D eigenvalue weighted by atomic mass is 32.1. The summed E-state index contributed by atoms with van der Waals surface area (Å²) < 4.78 is 42.8. The van der Waals surface area contributed by atoms with Crippen LogP contribution in [0.15, 0.2) is 51.6 Å². The maximum absolute atomic E-state index is 13.6. The van der Waals surface area contributed by atoms with E-state index in [4.69, 9.17) is 67.8 Å². The molecular formula is C63H92N8O8P4S4. The van der Waals surface area contributed by atoms with E-state index in [1.54, 1.807) is 0 Å². The molecule has 0 saturated heterocycles. The smallest absolute Gasteiger partial charge is 0.340 e. The highest BCUT2D eigenvalue weighted by molar-refractivity contribution is 7.92. The summed E-state index contributed by atoms with van der Waals surface area (Å²) in [6.07, 6.45) is 16.1. The van der Waals surface area contributed by atoms with Crippen molar-refractivity contribution in [3.63, 3.8) is 0 Å². The molecule has 24 heteroatoms. The monoisotopic (exact) mass is 1340 g/mol. The Morgan fingerprint density at radius 1 is 0.322 bits per heavy atom. The number of carbonyl (C=O) groups excluding carboxylic acids is 4. The molecule has 5 aromatic rings. The van der Waals surface area contributed by atoms with Gasteiger partial charge in [0.25, 0.3) is 0 Å². The van der Waals surface area contributed by atoms with Crippen LogP contribution >= 0.6 is 80.6 Å². The Bertz CT molecular complexity index is 3050. The van der Waals surface area contributed by atoms with Gasteiger partial charge >= 0.3 is 23.9 Å². The van der Waals surface area contributed by atoms with E-state index in [0.29, 0.717) is 21.3 Å². The average Bonchev–Trinajstić information content (AvgIpc) is 1.60. The quantitative estimate of drug-likeness (QED) is 0.0203. The van der Waals surface area contributed by atoms with Crippen LogP contribution in [0.5, 0.6) is 0 Å². The highest BCUT2D eigenvalue weighted by Gasteiger charge is 2.57. The lowest BCUT2D eigenvalue weighted by Gasteiger charge is -2.40. The molecule has 0 saturated carbocycles. The van der Waals surface area contributed by atoms with Crippen molar-refractivity contribution in [1.29, 1.82) is 0 Å². The number of unbranched alkanes of at least 4 members (excludes halogenated alkanes) is 8. The molecule has 6 aliphatic heterocycles. The molecule has 476 valence electrons. The number of methoxy groups -OCH3 is 4. The Hall–Kier alpha value is -3.98. The second-order valence-electron chi connectivity index (χ2n) is 22.1. The van der Waals surface area contributed by atoms with Crippen LogP contribution in [0, 0.1) is 26.0 Å². The van der Waals surface area contributed by atoms with Crippen LogP contribution in [-0.2, 0) is 90.5 Å². The summed E-state index contributed by atoms with van der Waals surface area (Å²) >= 11 is 24.7. The number of rotatable bonds is 28. The normalized spacial score (nSPS) is 16.6. The minimum atomic E-state index is -1.45. The predicted molar refractivity (Wildman–Crippen MR) is 370 cm³/mol. The first kappa shape index (κ1) is 70.5. The van der Waals surface area contributed by atoms with Gasteiger partial charge in [-0.25, -0.2) is 19.2 Å². The first-order valence-corrected chi connectivity index (χ1v) is 38.4. The van der Waals surface area contributed by atoms with Gasteiger partial charge in [0, 0.05) is 84.0 Å². The van der Waals surface area contributed by atoms with E-state index in [1.165, 1.54) is 34.0 Å². The Morgan fingerprint density at radius 3 is 0.598 bits per heavy atom. The molecule has 0 amide bonds. The number of aryl methyl sites for hydroxylation is 1. The molecule has 87 heavy (non-hydrogen) atoms. The first-order valence-electron chi connectivity index (χ1n) is 31.4. The number of hydrogen-bond donors (Lipinski definition) is 0. The number of ether oxygens (including phenoxy) is 4. The molecule has 0 spiro atoms. The van der Waals surface area contributed by atoms with Crippen LogP contribution in [0.25, 0.3) is 0 Å². The van der Waals surface area contributed by atoms with Crippen LogP contribution in [0.3, 0.4) is 0 Å². The van der Waals surface area contributed by atoms with Gasteiger partial charge in [0.1, 0.15) is 0 Å². The van der Waals surface area contributed by atoms with Gasteiger partial charge in [0.2, 0.25) is 0 Å². The van der Waals surface area contributed by atoms with E-state index < -0.39 is 55.6 Å². The van der Waals surface area contributed by atoms with Crippen molar-refractivity contribution in [2.24, 2.45) is 0 Å². The van der Waals surface area contributed by atoms with E-state index in [9.17, 15) is 19.2 Å². The third-order valence-corrected chi connectivity index (χ3v) is 29.3. The van der Waals surface area contributed by atoms with Crippen LogP contribution in [-0.4, -0.2) is 88.9 Å². The summed E-state index contributed by atoms with van der Waals surface area (Å²) in [5.41, 5.74) is 10.1. The van der Waals surface area contributed by atoms with Crippen molar-refractivity contribution in [3.05, 3.63) is 76.2 Å². The molecule has 0 unspecified atom stereocenters. The summed E-state index contributed by atoms with van der Waals surface area (Å²) in [5.74, 6) is -1.84. The molecule has 0 fully saturated rings. The molecule has 6 aliphatic rings. The topological polar surface area (TPSA) is 145 Å². The van der Waals surface area contributed by atoms with Gasteiger partial charge in [-0.1, -0.05) is 143 Å². The fourth-order valence-corrected chi connectivity index (χ4v) is 28.0. The van der Waals surface area contributed by atoms with Gasteiger partial charge in [0.15, 0.2) is 19.1 Å². The summed E-state index contributed by atoms with van der Waals surface area (Å²) in [7, 11) is -0.210. The van der Waals surface area contributed by atoms with Crippen molar-refractivity contribution in [2.75, 3.05) is 28.4 Å². The lowest BCUT2D eigenvalue weighted by molar-refractivity contribution is -0.138. The lowest BCUT2D eigenvalue weighted by atomic mass is 10.2. The Kier molecular flexibility index (Phi) is 26.6. The molecule has 1 aromatic carbocycles. The molecule has 0 N–H and O–H groups in total. The third kappa shape index (κ3) is 13.7. The van der Waals surface area contributed by atoms with Crippen molar-refractivity contribution in [2.45, 2.75) is 217 Å². The van der Waals surface area contributed by atoms with E-state index >= 15 is 0 Å². The van der Waals surface area contributed by atoms with Crippen molar-refractivity contribution < 1.29 is 38.1 Å². The first-order chi connectivity index (χ1) is 42.1. The maximum atomic E-state index is 13.6. The van der Waals surface area contributed by atoms with Gasteiger partial charge in [-0.3, -0.25) is 0 Å². The van der Waals surface area contributed by atoms with Crippen LogP contribution in [0.2, 0.25) is 0 Å².